The maximum atomic E-state index is 12.8. The molecule has 0 atom stereocenters. The van der Waals surface area contributed by atoms with Gasteiger partial charge in [-0.3, -0.25) is 14.3 Å². The number of aromatic nitrogens is 3. The van der Waals surface area contributed by atoms with Gasteiger partial charge in [0.1, 0.15) is 0 Å². The third-order valence-electron chi connectivity index (χ3n) is 4.92. The van der Waals surface area contributed by atoms with E-state index in [0.717, 1.165) is 35.4 Å². The number of benzene rings is 1. The van der Waals surface area contributed by atoms with E-state index in [-0.39, 0.29) is 11.8 Å². The highest BCUT2D eigenvalue weighted by atomic mass is 16.2. The summed E-state index contributed by atoms with van der Waals surface area (Å²) in [5.74, 6) is -0.105. The van der Waals surface area contributed by atoms with Crippen LogP contribution in [0.5, 0.6) is 0 Å². The molecule has 7 heteroatoms. The highest BCUT2D eigenvalue weighted by molar-refractivity contribution is 6.07. The van der Waals surface area contributed by atoms with Gasteiger partial charge in [-0.1, -0.05) is 6.07 Å². The van der Waals surface area contributed by atoms with Crippen LogP contribution in [0, 0.1) is 13.8 Å². The molecule has 4 rings (SSSR count). The predicted octanol–water partition coefficient (Wildman–Crippen LogP) is 2.96. The molecule has 1 aromatic carbocycles. The highest BCUT2D eigenvalue weighted by Gasteiger charge is 2.22. The Morgan fingerprint density at radius 2 is 2.00 bits per heavy atom. The molecule has 0 saturated carbocycles. The third kappa shape index (κ3) is 3.05. The van der Waals surface area contributed by atoms with Crippen LogP contribution in [-0.4, -0.2) is 33.1 Å². The fourth-order valence-electron chi connectivity index (χ4n) is 3.53. The molecule has 2 aromatic heterocycles. The average Bonchev–Trinajstić information content (AvgIpc) is 3.18. The summed E-state index contributed by atoms with van der Waals surface area (Å²) in [4.78, 5) is 31.1. The second-order valence-electron chi connectivity index (χ2n) is 6.85. The molecule has 1 N–H and O–H groups in total. The number of nitrogens with one attached hydrogen (secondary N) is 1. The van der Waals surface area contributed by atoms with Crippen LogP contribution in [0.1, 0.15) is 34.6 Å². The molecular weight excluding hydrogens is 342 g/mol. The van der Waals surface area contributed by atoms with Gasteiger partial charge in [0.25, 0.3) is 5.91 Å². The highest BCUT2D eigenvalue weighted by Crippen LogP contribution is 2.25. The first-order chi connectivity index (χ1) is 12.9. The molecule has 7 nitrogen and oxygen atoms in total. The maximum Gasteiger partial charge on any atom is 0.257 e. The van der Waals surface area contributed by atoms with Crippen molar-refractivity contribution in [2.45, 2.75) is 26.7 Å². The van der Waals surface area contributed by atoms with E-state index in [0.29, 0.717) is 23.4 Å². The van der Waals surface area contributed by atoms with Crippen LogP contribution in [0.4, 0.5) is 11.4 Å². The lowest BCUT2D eigenvalue weighted by molar-refractivity contribution is -0.117. The summed E-state index contributed by atoms with van der Waals surface area (Å²) < 4.78 is 1.72. The number of carbonyl (C=O) groups is 2. The molecule has 138 valence electrons. The number of aryl methyl sites for hydroxylation is 3. The SMILES string of the molecule is Cc1nc2c(cc1C(=O)Nc1cccc(N3CCCC3=O)c1)c(C)nn2C. The number of nitrogens with zero attached hydrogens (tertiary/aromatic N) is 4. The van der Waals surface area contributed by atoms with Crippen molar-refractivity contribution >= 4 is 34.2 Å². The van der Waals surface area contributed by atoms with Crippen LogP contribution >= 0.6 is 0 Å². The van der Waals surface area contributed by atoms with Crippen molar-refractivity contribution < 1.29 is 9.59 Å². The first kappa shape index (κ1) is 17.2. The lowest BCUT2D eigenvalue weighted by Crippen LogP contribution is -2.23. The van der Waals surface area contributed by atoms with E-state index in [1.54, 1.807) is 9.58 Å². The minimum Gasteiger partial charge on any atom is -0.322 e. The number of anilines is 2. The number of carbonyl (C=O) groups excluding carboxylic acids is 2. The fraction of sp³-hybridized carbons (Fsp3) is 0.300. The van der Waals surface area contributed by atoms with E-state index in [9.17, 15) is 9.59 Å². The van der Waals surface area contributed by atoms with Gasteiger partial charge in [0.15, 0.2) is 5.65 Å². The van der Waals surface area contributed by atoms with Gasteiger partial charge in [-0.05, 0) is 44.5 Å². The van der Waals surface area contributed by atoms with Gasteiger partial charge in [-0.2, -0.15) is 5.10 Å². The standard InChI is InChI=1S/C20H21N5O2/c1-12-17(11-16-13(2)23-24(3)19(16)21-12)20(27)22-14-6-4-7-15(10-14)25-9-5-8-18(25)26/h4,6-7,10-11H,5,8-9H2,1-3H3,(H,22,27). The third-order valence-corrected chi connectivity index (χ3v) is 4.92. The summed E-state index contributed by atoms with van der Waals surface area (Å²) >= 11 is 0. The summed E-state index contributed by atoms with van der Waals surface area (Å²) in [6.45, 7) is 4.43. The lowest BCUT2D eigenvalue weighted by atomic mass is 10.1. The van der Waals surface area contributed by atoms with Crippen LogP contribution in [0.2, 0.25) is 0 Å². The van der Waals surface area contributed by atoms with Gasteiger partial charge in [-0.15, -0.1) is 0 Å². The van der Waals surface area contributed by atoms with Crippen LogP contribution in [0.3, 0.4) is 0 Å². The summed E-state index contributed by atoms with van der Waals surface area (Å²) in [6.07, 6.45) is 1.44. The average molecular weight is 363 g/mol. The molecule has 1 aliphatic rings. The molecule has 1 fully saturated rings. The first-order valence-corrected chi connectivity index (χ1v) is 8.97. The molecule has 2 amide bonds. The van der Waals surface area contributed by atoms with Crippen molar-refractivity contribution in [1.82, 2.24) is 14.8 Å². The van der Waals surface area contributed by atoms with E-state index < -0.39 is 0 Å². The van der Waals surface area contributed by atoms with Crippen LogP contribution < -0.4 is 10.2 Å². The molecule has 0 bridgehead atoms. The summed E-state index contributed by atoms with van der Waals surface area (Å²) in [5.41, 5.74) is 4.22. The van der Waals surface area contributed by atoms with Crippen molar-refractivity contribution in [1.29, 1.82) is 0 Å². The molecule has 1 aliphatic heterocycles. The van der Waals surface area contributed by atoms with Crippen LogP contribution in [0.25, 0.3) is 11.0 Å². The van der Waals surface area contributed by atoms with Gasteiger partial charge in [0, 0.05) is 36.8 Å². The van der Waals surface area contributed by atoms with Gasteiger partial charge in [0.2, 0.25) is 5.91 Å². The fourth-order valence-corrected chi connectivity index (χ4v) is 3.53. The Bertz CT molecular complexity index is 1070. The molecule has 3 heterocycles. The molecule has 0 radical (unpaired) electrons. The zero-order valence-corrected chi connectivity index (χ0v) is 15.6. The van der Waals surface area contributed by atoms with E-state index >= 15 is 0 Å². The Labute approximate surface area is 157 Å². The van der Waals surface area contributed by atoms with Crippen molar-refractivity contribution in [3.63, 3.8) is 0 Å². The topological polar surface area (TPSA) is 80.1 Å². The molecule has 3 aromatic rings. The Morgan fingerprint density at radius 1 is 1.19 bits per heavy atom. The van der Waals surface area contributed by atoms with Gasteiger partial charge >= 0.3 is 0 Å². The van der Waals surface area contributed by atoms with Crippen molar-refractivity contribution in [2.75, 3.05) is 16.8 Å². The van der Waals surface area contributed by atoms with E-state index in [4.69, 9.17) is 0 Å². The first-order valence-electron chi connectivity index (χ1n) is 8.97. The second-order valence-corrected chi connectivity index (χ2v) is 6.85. The maximum absolute atomic E-state index is 12.8. The Hall–Kier alpha value is -3.22. The number of hydrogen-bond acceptors (Lipinski definition) is 4. The summed E-state index contributed by atoms with van der Waals surface area (Å²) in [6, 6.07) is 9.21. The Morgan fingerprint density at radius 3 is 2.74 bits per heavy atom. The molecule has 0 aliphatic carbocycles. The van der Waals surface area contributed by atoms with Gasteiger partial charge < -0.3 is 10.2 Å². The predicted molar refractivity (Wildman–Crippen MR) is 104 cm³/mol. The second kappa shape index (κ2) is 6.50. The number of fused-ring (bicyclic) bond motifs is 1. The quantitative estimate of drug-likeness (QED) is 0.776. The van der Waals surface area contributed by atoms with Gasteiger partial charge in [-0.25, -0.2) is 4.98 Å². The molecule has 0 spiro atoms. The minimum absolute atomic E-state index is 0.121. The van der Waals surface area contributed by atoms with Crippen molar-refractivity contribution in [3.05, 3.63) is 47.3 Å². The smallest absolute Gasteiger partial charge is 0.257 e. The van der Waals surface area contributed by atoms with Crippen molar-refractivity contribution in [3.8, 4) is 0 Å². The van der Waals surface area contributed by atoms with E-state index in [1.165, 1.54) is 0 Å². The summed E-state index contributed by atoms with van der Waals surface area (Å²) in [5, 5.41) is 8.15. The zero-order valence-electron chi connectivity index (χ0n) is 15.6. The molecule has 27 heavy (non-hydrogen) atoms. The summed E-state index contributed by atoms with van der Waals surface area (Å²) in [7, 11) is 1.84. The normalized spacial score (nSPS) is 14.2. The zero-order chi connectivity index (χ0) is 19.1. The van der Waals surface area contributed by atoms with Crippen LogP contribution in [-0.2, 0) is 11.8 Å². The largest absolute Gasteiger partial charge is 0.322 e. The molecule has 0 unspecified atom stereocenters. The Kier molecular flexibility index (Phi) is 4.14. The van der Waals surface area contributed by atoms with E-state index in [1.807, 2.05) is 51.2 Å². The minimum atomic E-state index is -0.227. The molecule has 1 saturated heterocycles. The number of hydrogen-bond donors (Lipinski definition) is 1. The molecular formula is C20H21N5O2. The number of pyridine rings is 1. The lowest BCUT2D eigenvalue weighted by Gasteiger charge is -2.17. The number of amides is 2. The van der Waals surface area contributed by atoms with Gasteiger partial charge in [0.05, 0.1) is 17.0 Å². The Balaban J connectivity index is 1.63. The number of rotatable bonds is 3. The van der Waals surface area contributed by atoms with E-state index in [2.05, 4.69) is 15.4 Å². The van der Waals surface area contributed by atoms with Crippen molar-refractivity contribution in [2.24, 2.45) is 7.05 Å². The monoisotopic (exact) mass is 363 g/mol. The van der Waals surface area contributed by atoms with Crippen LogP contribution in [0.15, 0.2) is 30.3 Å².